The van der Waals surface area contributed by atoms with Gasteiger partial charge in [0.1, 0.15) is 11.7 Å². The number of hydrogen-bond acceptors (Lipinski definition) is 4. The number of nitrogens with zero attached hydrogens (tertiary/aromatic N) is 1. The van der Waals surface area contributed by atoms with Crippen LogP contribution in [-0.4, -0.2) is 31.0 Å². The van der Waals surface area contributed by atoms with Crippen LogP contribution in [0.4, 0.5) is 0 Å². The fourth-order valence-corrected chi connectivity index (χ4v) is 4.23. The van der Waals surface area contributed by atoms with E-state index in [1.165, 1.54) is 7.11 Å². The van der Waals surface area contributed by atoms with Gasteiger partial charge in [0.25, 0.3) is 5.91 Å². The molecule has 31 heavy (non-hydrogen) atoms. The molecule has 0 radical (unpaired) electrons. The van der Waals surface area contributed by atoms with Gasteiger partial charge in [-0.15, -0.1) is 0 Å². The van der Waals surface area contributed by atoms with Crippen LogP contribution in [-0.2, 0) is 16.1 Å². The molecular weight excluding hydrogens is 414 g/mol. The van der Waals surface area contributed by atoms with E-state index >= 15 is 0 Å². The fourth-order valence-electron chi connectivity index (χ4n) is 4.11. The Bertz CT molecular complexity index is 1100. The summed E-state index contributed by atoms with van der Waals surface area (Å²) in [6.45, 7) is 0.328. The molecule has 0 saturated carbocycles. The predicted molar refractivity (Wildman–Crippen MR) is 118 cm³/mol. The van der Waals surface area contributed by atoms with E-state index in [9.17, 15) is 9.59 Å². The Labute approximate surface area is 186 Å². The predicted octanol–water partition coefficient (Wildman–Crippen LogP) is 5.00. The minimum Gasteiger partial charge on any atom is -0.497 e. The van der Waals surface area contributed by atoms with E-state index < -0.39 is 12.0 Å². The molecule has 0 unspecified atom stereocenters. The van der Waals surface area contributed by atoms with Gasteiger partial charge in [-0.25, -0.2) is 0 Å². The van der Waals surface area contributed by atoms with Gasteiger partial charge in [-0.3, -0.25) is 9.59 Å². The zero-order valence-electron chi connectivity index (χ0n) is 17.2. The Hall–Kier alpha value is -3.31. The van der Waals surface area contributed by atoms with Gasteiger partial charge in [0, 0.05) is 17.1 Å². The van der Waals surface area contributed by atoms with Crippen LogP contribution >= 0.6 is 11.6 Å². The molecule has 0 spiro atoms. The number of benzene rings is 3. The van der Waals surface area contributed by atoms with Crippen molar-refractivity contribution in [3.63, 3.8) is 0 Å². The molecule has 0 aromatic heterocycles. The SMILES string of the molecule is COC(=O)[C@H]1c2ccccc2C(=O)N(Cc2ccc(Cl)cc2)[C@@H]1c1ccc(OC)cc1. The second-order valence-electron chi connectivity index (χ2n) is 7.37. The Morgan fingerprint density at radius 2 is 1.65 bits per heavy atom. The summed E-state index contributed by atoms with van der Waals surface area (Å²) in [5.74, 6) is -0.474. The second kappa shape index (κ2) is 8.82. The molecule has 0 aliphatic carbocycles. The lowest BCUT2D eigenvalue weighted by Gasteiger charge is -2.41. The maximum absolute atomic E-state index is 13.6. The number of methoxy groups -OCH3 is 2. The molecule has 1 aliphatic heterocycles. The number of carbonyl (C=O) groups is 2. The number of ether oxygens (including phenoxy) is 2. The summed E-state index contributed by atoms with van der Waals surface area (Å²) in [6, 6.07) is 21.5. The van der Waals surface area contributed by atoms with E-state index in [-0.39, 0.29) is 11.9 Å². The van der Waals surface area contributed by atoms with Crippen LogP contribution in [0.25, 0.3) is 0 Å². The van der Waals surface area contributed by atoms with Crippen LogP contribution in [0, 0.1) is 0 Å². The van der Waals surface area contributed by atoms with Gasteiger partial charge in [0.05, 0.1) is 20.3 Å². The summed E-state index contributed by atoms with van der Waals surface area (Å²) in [7, 11) is 2.97. The Morgan fingerprint density at radius 3 is 2.29 bits per heavy atom. The number of fused-ring (bicyclic) bond motifs is 1. The highest BCUT2D eigenvalue weighted by Gasteiger charge is 2.44. The molecule has 2 atom stereocenters. The van der Waals surface area contributed by atoms with E-state index in [0.29, 0.717) is 28.4 Å². The normalized spacial score (nSPS) is 17.8. The zero-order chi connectivity index (χ0) is 22.0. The summed E-state index contributed by atoms with van der Waals surface area (Å²) in [5.41, 5.74) is 2.93. The van der Waals surface area contributed by atoms with Crippen molar-refractivity contribution < 1.29 is 19.1 Å². The molecule has 1 amide bonds. The molecule has 3 aromatic rings. The first-order valence-electron chi connectivity index (χ1n) is 9.89. The zero-order valence-corrected chi connectivity index (χ0v) is 18.0. The highest BCUT2D eigenvalue weighted by atomic mass is 35.5. The Kier molecular flexibility index (Phi) is 5.96. The number of amides is 1. The van der Waals surface area contributed by atoms with Crippen molar-refractivity contribution in [1.29, 1.82) is 0 Å². The van der Waals surface area contributed by atoms with Gasteiger partial charge < -0.3 is 14.4 Å². The third-order valence-corrected chi connectivity index (χ3v) is 5.87. The molecule has 0 fully saturated rings. The minimum atomic E-state index is -0.653. The standard InChI is InChI=1S/C25H22ClNO4/c1-30-19-13-9-17(10-14-19)23-22(25(29)31-2)20-5-3-4-6-21(20)24(28)27(23)15-16-7-11-18(26)12-8-16/h3-14,22-23H,15H2,1-2H3/t22-,23+/m0/s1. The first-order valence-corrected chi connectivity index (χ1v) is 10.3. The van der Waals surface area contributed by atoms with Crippen molar-refractivity contribution in [3.05, 3.63) is 100 Å². The van der Waals surface area contributed by atoms with Gasteiger partial charge in [-0.2, -0.15) is 0 Å². The van der Waals surface area contributed by atoms with Crippen molar-refractivity contribution in [2.45, 2.75) is 18.5 Å². The summed E-state index contributed by atoms with van der Waals surface area (Å²) >= 11 is 6.03. The average Bonchev–Trinajstić information content (AvgIpc) is 2.81. The molecule has 1 heterocycles. The van der Waals surface area contributed by atoms with Crippen LogP contribution in [0.2, 0.25) is 5.02 Å². The molecule has 6 heteroatoms. The van der Waals surface area contributed by atoms with Crippen molar-refractivity contribution in [2.75, 3.05) is 14.2 Å². The monoisotopic (exact) mass is 435 g/mol. The molecule has 0 saturated heterocycles. The average molecular weight is 436 g/mol. The Balaban J connectivity index is 1.86. The van der Waals surface area contributed by atoms with Gasteiger partial charge >= 0.3 is 5.97 Å². The van der Waals surface area contributed by atoms with E-state index in [0.717, 1.165) is 11.1 Å². The van der Waals surface area contributed by atoms with Crippen molar-refractivity contribution in [3.8, 4) is 5.75 Å². The topological polar surface area (TPSA) is 55.8 Å². The first-order chi connectivity index (χ1) is 15.0. The quantitative estimate of drug-likeness (QED) is 0.529. The number of halogens is 1. The number of rotatable bonds is 5. The molecular formula is C25H22ClNO4. The summed E-state index contributed by atoms with van der Waals surface area (Å²) in [6.07, 6.45) is 0. The largest absolute Gasteiger partial charge is 0.497 e. The highest BCUT2D eigenvalue weighted by Crippen LogP contribution is 2.44. The van der Waals surface area contributed by atoms with Crippen molar-refractivity contribution >= 4 is 23.5 Å². The van der Waals surface area contributed by atoms with Crippen LogP contribution in [0.1, 0.15) is 39.0 Å². The number of hydrogen-bond donors (Lipinski definition) is 0. The lowest BCUT2D eigenvalue weighted by molar-refractivity contribution is -0.144. The summed E-state index contributed by atoms with van der Waals surface area (Å²) in [5, 5.41) is 0.623. The molecule has 1 aliphatic rings. The van der Waals surface area contributed by atoms with Gasteiger partial charge in [0.2, 0.25) is 0 Å². The third-order valence-electron chi connectivity index (χ3n) is 5.62. The first kappa shape index (κ1) is 20.9. The van der Waals surface area contributed by atoms with E-state index in [4.69, 9.17) is 21.1 Å². The van der Waals surface area contributed by atoms with Crippen LogP contribution < -0.4 is 4.74 Å². The van der Waals surface area contributed by atoms with E-state index in [1.807, 2.05) is 48.5 Å². The lowest BCUT2D eigenvalue weighted by atomic mass is 9.79. The lowest BCUT2D eigenvalue weighted by Crippen LogP contribution is -2.44. The molecule has 3 aromatic carbocycles. The highest BCUT2D eigenvalue weighted by molar-refractivity contribution is 6.30. The molecule has 158 valence electrons. The second-order valence-corrected chi connectivity index (χ2v) is 7.80. The summed E-state index contributed by atoms with van der Waals surface area (Å²) in [4.78, 5) is 28.3. The molecule has 5 nitrogen and oxygen atoms in total. The van der Waals surface area contributed by atoms with Crippen LogP contribution in [0.3, 0.4) is 0 Å². The minimum absolute atomic E-state index is 0.133. The summed E-state index contributed by atoms with van der Waals surface area (Å²) < 4.78 is 10.5. The van der Waals surface area contributed by atoms with Gasteiger partial charge in [0.15, 0.2) is 0 Å². The van der Waals surface area contributed by atoms with Crippen LogP contribution in [0.15, 0.2) is 72.8 Å². The van der Waals surface area contributed by atoms with E-state index in [2.05, 4.69) is 0 Å². The number of carbonyl (C=O) groups excluding carboxylic acids is 2. The number of esters is 1. The van der Waals surface area contributed by atoms with Crippen molar-refractivity contribution in [1.82, 2.24) is 4.90 Å². The molecule has 0 bridgehead atoms. The van der Waals surface area contributed by atoms with Gasteiger partial charge in [-0.1, -0.05) is 54.1 Å². The van der Waals surface area contributed by atoms with Crippen LogP contribution in [0.5, 0.6) is 5.75 Å². The van der Waals surface area contributed by atoms with Crippen molar-refractivity contribution in [2.24, 2.45) is 0 Å². The Morgan fingerprint density at radius 1 is 0.968 bits per heavy atom. The van der Waals surface area contributed by atoms with Gasteiger partial charge in [-0.05, 0) is 47.0 Å². The third kappa shape index (κ3) is 4.01. The maximum atomic E-state index is 13.6. The fraction of sp³-hybridized carbons (Fsp3) is 0.200. The molecule has 0 N–H and O–H groups in total. The smallest absolute Gasteiger partial charge is 0.315 e. The molecule has 4 rings (SSSR count). The van der Waals surface area contributed by atoms with E-state index in [1.54, 1.807) is 36.3 Å². The maximum Gasteiger partial charge on any atom is 0.315 e.